The Morgan fingerprint density at radius 3 is 2.52 bits per heavy atom. The Bertz CT molecular complexity index is 915. The zero-order chi connectivity index (χ0) is 19.2. The summed E-state index contributed by atoms with van der Waals surface area (Å²) in [6, 6.07) is 9.52. The maximum atomic E-state index is 12.5. The largest absolute Gasteiger partial charge is 0.341 e. The SMILES string of the molecule is Cc1ccc(Nc2ncc(C(=O)N(C)CCc3ccncc3)cn2)cc1Cl. The standard InChI is InChI=1S/C20H20ClN5O/c1-14-3-4-17(11-18(14)21)25-20-23-12-16(13-24-20)19(27)26(2)10-7-15-5-8-22-9-6-15/h3-6,8-9,11-13H,7,10H2,1-2H3,(H,23,24,25). The van der Waals surface area contributed by atoms with Gasteiger partial charge in [0.15, 0.2) is 0 Å². The number of halogens is 1. The molecule has 0 aliphatic heterocycles. The first-order valence-electron chi connectivity index (χ1n) is 8.52. The number of rotatable bonds is 6. The third-order valence-corrected chi connectivity index (χ3v) is 4.57. The van der Waals surface area contributed by atoms with Crippen molar-refractivity contribution in [3.05, 3.63) is 76.8 Å². The molecule has 27 heavy (non-hydrogen) atoms. The van der Waals surface area contributed by atoms with Gasteiger partial charge in [0.25, 0.3) is 5.91 Å². The van der Waals surface area contributed by atoms with Crippen LogP contribution in [0.15, 0.2) is 55.1 Å². The number of aryl methyl sites for hydroxylation is 1. The summed E-state index contributed by atoms with van der Waals surface area (Å²) in [5, 5.41) is 3.75. The van der Waals surface area contributed by atoms with E-state index in [9.17, 15) is 4.79 Å². The third kappa shape index (κ3) is 5.01. The van der Waals surface area contributed by atoms with Gasteiger partial charge in [0.2, 0.25) is 5.95 Å². The molecular weight excluding hydrogens is 362 g/mol. The van der Waals surface area contributed by atoms with Crippen molar-refractivity contribution >= 4 is 29.1 Å². The monoisotopic (exact) mass is 381 g/mol. The molecule has 7 heteroatoms. The fourth-order valence-electron chi connectivity index (χ4n) is 2.47. The molecule has 1 aromatic carbocycles. The predicted octanol–water partition coefficient (Wildman–Crippen LogP) is 3.89. The molecule has 0 saturated heterocycles. The van der Waals surface area contributed by atoms with Crippen LogP contribution in [0.2, 0.25) is 5.02 Å². The minimum absolute atomic E-state index is 0.117. The van der Waals surface area contributed by atoms with Crippen LogP contribution in [0.5, 0.6) is 0 Å². The number of pyridine rings is 1. The van der Waals surface area contributed by atoms with Crippen molar-refractivity contribution < 1.29 is 4.79 Å². The second kappa shape index (κ2) is 8.60. The average molecular weight is 382 g/mol. The Balaban J connectivity index is 1.60. The van der Waals surface area contributed by atoms with E-state index in [-0.39, 0.29) is 5.91 Å². The number of nitrogens with one attached hydrogen (secondary N) is 1. The number of likely N-dealkylation sites (N-methyl/N-ethyl adjacent to an activating group) is 1. The van der Waals surface area contributed by atoms with Gasteiger partial charge in [-0.25, -0.2) is 9.97 Å². The molecule has 0 saturated carbocycles. The lowest BCUT2D eigenvalue weighted by molar-refractivity contribution is 0.0796. The van der Waals surface area contributed by atoms with Gasteiger partial charge in [-0.2, -0.15) is 0 Å². The number of nitrogens with zero attached hydrogens (tertiary/aromatic N) is 4. The summed E-state index contributed by atoms with van der Waals surface area (Å²) in [6.07, 6.45) is 7.31. The van der Waals surface area contributed by atoms with Crippen molar-refractivity contribution in [3.63, 3.8) is 0 Å². The number of benzene rings is 1. The smallest absolute Gasteiger partial charge is 0.256 e. The molecule has 0 aliphatic rings. The van der Waals surface area contributed by atoms with Crippen LogP contribution in [0.1, 0.15) is 21.5 Å². The van der Waals surface area contributed by atoms with Crippen LogP contribution >= 0.6 is 11.6 Å². The predicted molar refractivity (Wildman–Crippen MR) is 106 cm³/mol. The summed E-state index contributed by atoms with van der Waals surface area (Å²) in [5.74, 6) is 0.292. The summed E-state index contributed by atoms with van der Waals surface area (Å²) in [7, 11) is 1.77. The fraction of sp³-hybridized carbons (Fsp3) is 0.200. The lowest BCUT2D eigenvalue weighted by Crippen LogP contribution is -2.29. The highest BCUT2D eigenvalue weighted by Crippen LogP contribution is 2.21. The molecule has 6 nitrogen and oxygen atoms in total. The Hall–Kier alpha value is -2.99. The molecule has 1 N–H and O–H groups in total. The molecule has 0 radical (unpaired) electrons. The van der Waals surface area contributed by atoms with Crippen LogP contribution in [0.4, 0.5) is 11.6 Å². The van der Waals surface area contributed by atoms with Crippen molar-refractivity contribution in [1.29, 1.82) is 0 Å². The summed E-state index contributed by atoms with van der Waals surface area (Å²) in [4.78, 5) is 26.6. The normalized spacial score (nSPS) is 10.5. The molecule has 138 valence electrons. The van der Waals surface area contributed by atoms with E-state index in [1.54, 1.807) is 24.3 Å². The van der Waals surface area contributed by atoms with Crippen molar-refractivity contribution in [1.82, 2.24) is 19.9 Å². The van der Waals surface area contributed by atoms with Crippen molar-refractivity contribution in [2.24, 2.45) is 0 Å². The second-order valence-corrected chi connectivity index (χ2v) is 6.62. The van der Waals surface area contributed by atoms with Crippen LogP contribution < -0.4 is 5.32 Å². The van der Waals surface area contributed by atoms with E-state index < -0.39 is 0 Å². The Morgan fingerprint density at radius 1 is 1.15 bits per heavy atom. The molecule has 3 rings (SSSR count). The number of amides is 1. The zero-order valence-electron chi connectivity index (χ0n) is 15.2. The first-order chi connectivity index (χ1) is 13.0. The van der Waals surface area contributed by atoms with Gasteiger partial charge >= 0.3 is 0 Å². The second-order valence-electron chi connectivity index (χ2n) is 6.22. The maximum absolute atomic E-state index is 12.5. The van der Waals surface area contributed by atoms with Crippen molar-refractivity contribution in [3.8, 4) is 0 Å². The molecule has 1 amide bonds. The first-order valence-corrected chi connectivity index (χ1v) is 8.90. The zero-order valence-corrected chi connectivity index (χ0v) is 15.9. The fourth-order valence-corrected chi connectivity index (χ4v) is 2.65. The van der Waals surface area contributed by atoms with Gasteiger partial charge in [0, 0.05) is 49.1 Å². The molecule has 2 aromatic heterocycles. The van der Waals surface area contributed by atoms with E-state index >= 15 is 0 Å². The van der Waals surface area contributed by atoms with Gasteiger partial charge < -0.3 is 10.2 Å². The Labute approximate surface area is 163 Å². The lowest BCUT2D eigenvalue weighted by atomic mass is 10.2. The van der Waals surface area contributed by atoms with Gasteiger partial charge in [0.05, 0.1) is 5.56 Å². The first kappa shape index (κ1) is 18.8. The summed E-state index contributed by atoms with van der Waals surface area (Å²) in [6.45, 7) is 2.54. The van der Waals surface area contributed by atoms with E-state index in [1.165, 1.54) is 12.4 Å². The minimum atomic E-state index is -0.117. The molecule has 0 spiro atoms. The average Bonchev–Trinajstić information content (AvgIpc) is 2.70. The highest BCUT2D eigenvalue weighted by atomic mass is 35.5. The number of carbonyl (C=O) groups excluding carboxylic acids is 1. The highest BCUT2D eigenvalue weighted by Gasteiger charge is 2.13. The van der Waals surface area contributed by atoms with E-state index in [4.69, 9.17) is 11.6 Å². The van der Waals surface area contributed by atoms with Gasteiger partial charge in [-0.3, -0.25) is 9.78 Å². The number of aromatic nitrogens is 3. The van der Waals surface area contributed by atoms with Crippen molar-refractivity contribution in [2.45, 2.75) is 13.3 Å². The number of anilines is 2. The van der Waals surface area contributed by atoms with Gasteiger partial charge in [-0.05, 0) is 48.7 Å². The highest BCUT2D eigenvalue weighted by molar-refractivity contribution is 6.31. The summed E-state index contributed by atoms with van der Waals surface area (Å²) in [5.41, 5.74) is 3.37. The molecular formula is C20H20ClN5O. The third-order valence-electron chi connectivity index (χ3n) is 4.16. The van der Waals surface area contributed by atoms with Crippen LogP contribution in [0, 0.1) is 6.92 Å². The quantitative estimate of drug-likeness (QED) is 0.701. The van der Waals surface area contributed by atoms with Gasteiger partial charge in [-0.1, -0.05) is 17.7 Å². The maximum Gasteiger partial charge on any atom is 0.256 e. The van der Waals surface area contributed by atoms with Gasteiger partial charge in [0.1, 0.15) is 0 Å². The summed E-state index contributed by atoms with van der Waals surface area (Å²) < 4.78 is 0. The molecule has 0 bridgehead atoms. The van der Waals surface area contributed by atoms with E-state index in [0.29, 0.717) is 23.1 Å². The molecule has 0 aliphatic carbocycles. The van der Waals surface area contributed by atoms with E-state index in [0.717, 1.165) is 23.2 Å². The van der Waals surface area contributed by atoms with Crippen LogP contribution in [0.25, 0.3) is 0 Å². The van der Waals surface area contributed by atoms with Crippen LogP contribution in [-0.4, -0.2) is 39.4 Å². The summed E-state index contributed by atoms with van der Waals surface area (Å²) >= 11 is 6.12. The molecule has 0 fully saturated rings. The molecule has 0 unspecified atom stereocenters. The van der Waals surface area contributed by atoms with E-state index in [2.05, 4.69) is 20.3 Å². The molecule has 2 heterocycles. The molecule has 0 atom stereocenters. The van der Waals surface area contributed by atoms with Gasteiger partial charge in [-0.15, -0.1) is 0 Å². The number of hydrogen-bond acceptors (Lipinski definition) is 5. The molecule has 3 aromatic rings. The Morgan fingerprint density at radius 2 is 1.85 bits per heavy atom. The van der Waals surface area contributed by atoms with Crippen LogP contribution in [0.3, 0.4) is 0 Å². The Kier molecular flexibility index (Phi) is 5.98. The topological polar surface area (TPSA) is 71.0 Å². The lowest BCUT2D eigenvalue weighted by Gasteiger charge is -2.17. The van der Waals surface area contributed by atoms with Crippen LogP contribution in [-0.2, 0) is 6.42 Å². The minimum Gasteiger partial charge on any atom is -0.341 e. The number of hydrogen-bond donors (Lipinski definition) is 1. The van der Waals surface area contributed by atoms with Crippen molar-refractivity contribution in [2.75, 3.05) is 18.9 Å². The van der Waals surface area contributed by atoms with E-state index in [1.807, 2.05) is 37.3 Å². The number of carbonyl (C=O) groups is 1.